The average Bonchev–Trinajstić information content (AvgIpc) is 2.69. The highest BCUT2D eigenvalue weighted by Gasteiger charge is 2.43. The first-order valence-electron chi connectivity index (χ1n) is 8.80. The second kappa shape index (κ2) is 9.57. The second-order valence-corrected chi connectivity index (χ2v) is 9.04. The van der Waals surface area contributed by atoms with E-state index in [-0.39, 0.29) is 6.42 Å². The van der Waals surface area contributed by atoms with Crippen LogP contribution in [0.4, 0.5) is 0 Å². The van der Waals surface area contributed by atoms with Crippen LogP contribution < -0.4 is 15.0 Å². The van der Waals surface area contributed by atoms with Gasteiger partial charge in [-0.3, -0.25) is 10.0 Å². The predicted octanol–water partition coefficient (Wildman–Crippen LogP) is 2.39. The first-order valence-corrected chi connectivity index (χ1v) is 10.7. The number of sulfone groups is 1. The first-order chi connectivity index (χ1) is 13.3. The molecule has 2 rings (SSSR count). The van der Waals surface area contributed by atoms with Gasteiger partial charge in [0.2, 0.25) is 0 Å². The largest absolute Gasteiger partial charge is 0.490 e. The summed E-state index contributed by atoms with van der Waals surface area (Å²) in [6, 6.07) is 16.6. The zero-order valence-electron chi connectivity index (χ0n) is 15.9. The van der Waals surface area contributed by atoms with Crippen LogP contribution in [-0.4, -0.2) is 43.7 Å². The van der Waals surface area contributed by atoms with Gasteiger partial charge in [0.25, 0.3) is 5.91 Å². The van der Waals surface area contributed by atoms with Crippen LogP contribution >= 0.6 is 0 Å². The summed E-state index contributed by atoms with van der Waals surface area (Å²) in [5.41, 5.74) is 2.30. The van der Waals surface area contributed by atoms with Crippen molar-refractivity contribution < 1.29 is 27.9 Å². The van der Waals surface area contributed by atoms with Crippen LogP contribution in [0.15, 0.2) is 54.6 Å². The van der Waals surface area contributed by atoms with Crippen molar-refractivity contribution in [1.29, 1.82) is 0 Å². The third kappa shape index (κ3) is 5.71. The predicted molar refractivity (Wildman–Crippen MR) is 105 cm³/mol. The lowest BCUT2D eigenvalue weighted by Crippen LogP contribution is -2.49. The number of carbonyl (C=O) groups excluding carboxylic acids is 1. The minimum absolute atomic E-state index is 0.0450. The van der Waals surface area contributed by atoms with Gasteiger partial charge in [-0.2, -0.15) is 0 Å². The normalized spacial score (nSPS) is 13.4. The number of carbonyl (C=O) groups is 1. The molecule has 0 saturated carbocycles. The summed E-state index contributed by atoms with van der Waals surface area (Å²) in [5.74, 6) is 0.509. The molecule has 1 atom stereocenters. The number of hydroxylamine groups is 1. The van der Waals surface area contributed by atoms with Crippen LogP contribution in [0, 0.1) is 0 Å². The maximum Gasteiger partial charge on any atom is 0.264 e. The van der Waals surface area contributed by atoms with Gasteiger partial charge in [-0.05, 0) is 49.6 Å². The highest BCUT2D eigenvalue weighted by Crippen LogP contribution is 2.24. The van der Waals surface area contributed by atoms with Gasteiger partial charge in [0.15, 0.2) is 9.84 Å². The van der Waals surface area contributed by atoms with E-state index in [1.165, 1.54) is 12.4 Å². The van der Waals surface area contributed by atoms with Crippen molar-refractivity contribution in [3.8, 4) is 11.5 Å². The first kappa shape index (κ1) is 21.7. The van der Waals surface area contributed by atoms with Crippen LogP contribution in [0.25, 0.3) is 0 Å². The number of aryl methyl sites for hydroxylation is 1. The van der Waals surface area contributed by atoms with Crippen molar-refractivity contribution in [1.82, 2.24) is 5.48 Å². The van der Waals surface area contributed by atoms with Gasteiger partial charge in [-0.1, -0.05) is 30.3 Å². The lowest BCUT2D eigenvalue weighted by Gasteiger charge is -2.25. The molecule has 28 heavy (non-hydrogen) atoms. The third-order valence-electron chi connectivity index (χ3n) is 4.58. The van der Waals surface area contributed by atoms with E-state index < -0.39 is 20.5 Å². The quantitative estimate of drug-likeness (QED) is 0.356. The molecule has 8 heteroatoms. The van der Waals surface area contributed by atoms with Gasteiger partial charge in [0.05, 0.1) is 0 Å². The zero-order chi connectivity index (χ0) is 20.6. The molecule has 0 aliphatic carbocycles. The molecule has 2 N–H and O–H groups in total. The van der Waals surface area contributed by atoms with Crippen molar-refractivity contribution in [3.05, 3.63) is 60.2 Å². The van der Waals surface area contributed by atoms with Gasteiger partial charge in [-0.25, -0.2) is 13.9 Å². The molecular weight excluding hydrogens is 382 g/mol. The van der Waals surface area contributed by atoms with Crippen molar-refractivity contribution in [3.63, 3.8) is 0 Å². The van der Waals surface area contributed by atoms with Crippen LogP contribution in [0.3, 0.4) is 0 Å². The summed E-state index contributed by atoms with van der Waals surface area (Å²) >= 11 is 0. The van der Waals surface area contributed by atoms with E-state index in [9.17, 15) is 13.2 Å². The summed E-state index contributed by atoms with van der Waals surface area (Å²) in [6.45, 7) is 2.10. The Balaban J connectivity index is 1.85. The number of amides is 1. The van der Waals surface area contributed by atoms with Gasteiger partial charge in [0.1, 0.15) is 29.5 Å². The fourth-order valence-electron chi connectivity index (χ4n) is 2.56. The van der Waals surface area contributed by atoms with E-state index in [2.05, 4.69) is 0 Å². The van der Waals surface area contributed by atoms with Crippen LogP contribution in [-0.2, 0) is 21.1 Å². The number of ether oxygens (including phenoxy) is 2. The van der Waals surface area contributed by atoms with Crippen LogP contribution in [0.5, 0.6) is 11.5 Å². The number of para-hydroxylation sites is 1. The van der Waals surface area contributed by atoms with Gasteiger partial charge >= 0.3 is 0 Å². The van der Waals surface area contributed by atoms with Crippen molar-refractivity contribution >= 4 is 15.7 Å². The molecule has 1 unspecified atom stereocenters. The molecule has 0 fully saturated rings. The molecular formula is C20H25NO6S. The van der Waals surface area contributed by atoms with E-state index in [0.29, 0.717) is 25.4 Å². The fraction of sp³-hybridized carbons (Fsp3) is 0.350. The van der Waals surface area contributed by atoms with Crippen LogP contribution in [0.1, 0.15) is 18.9 Å². The topological polar surface area (TPSA) is 102 Å². The highest BCUT2D eigenvalue weighted by atomic mass is 32.2. The Hall–Kier alpha value is -2.58. The second-order valence-electron chi connectivity index (χ2n) is 6.60. The molecule has 2 aromatic rings. The Labute approximate surface area is 165 Å². The van der Waals surface area contributed by atoms with Gasteiger partial charge in [0, 0.05) is 6.26 Å². The van der Waals surface area contributed by atoms with E-state index in [4.69, 9.17) is 14.7 Å². The number of benzene rings is 2. The molecule has 0 aromatic heterocycles. The molecule has 1 amide bonds. The molecule has 0 aliphatic heterocycles. The highest BCUT2D eigenvalue weighted by molar-refractivity contribution is 7.92. The van der Waals surface area contributed by atoms with E-state index in [0.717, 1.165) is 17.6 Å². The van der Waals surface area contributed by atoms with E-state index in [1.807, 2.05) is 42.5 Å². The lowest BCUT2D eigenvalue weighted by atomic mass is 9.99. The smallest absolute Gasteiger partial charge is 0.264 e. The molecule has 152 valence electrons. The number of hydrogen-bond donors (Lipinski definition) is 2. The minimum Gasteiger partial charge on any atom is -0.490 e. The standard InChI is InChI=1S/C20H25NO6S/c1-20(19(22)21-23,28(2,24)25)13-12-16-8-10-18(11-9-16)27-15-14-26-17-6-4-3-5-7-17/h3-11,23H,12-15H2,1-2H3,(H,21,22). The average molecular weight is 407 g/mol. The molecule has 0 saturated heterocycles. The Morgan fingerprint density at radius 3 is 2.04 bits per heavy atom. The van der Waals surface area contributed by atoms with Crippen LogP contribution in [0.2, 0.25) is 0 Å². The summed E-state index contributed by atoms with van der Waals surface area (Å²) in [4.78, 5) is 11.8. The van der Waals surface area contributed by atoms with Gasteiger partial charge in [-0.15, -0.1) is 0 Å². The molecule has 0 spiro atoms. The van der Waals surface area contributed by atoms with Gasteiger partial charge < -0.3 is 9.47 Å². The molecule has 0 aliphatic rings. The summed E-state index contributed by atoms with van der Waals surface area (Å²) in [6.07, 6.45) is 1.38. The summed E-state index contributed by atoms with van der Waals surface area (Å²) in [7, 11) is -3.70. The van der Waals surface area contributed by atoms with E-state index >= 15 is 0 Å². The Morgan fingerprint density at radius 2 is 1.54 bits per heavy atom. The molecule has 7 nitrogen and oxygen atoms in total. The molecule has 2 aromatic carbocycles. The third-order valence-corrected chi connectivity index (χ3v) is 6.60. The maximum absolute atomic E-state index is 12.0. The maximum atomic E-state index is 12.0. The lowest BCUT2D eigenvalue weighted by molar-refractivity contribution is -0.131. The van der Waals surface area contributed by atoms with E-state index in [1.54, 1.807) is 12.1 Å². The minimum atomic E-state index is -3.70. The van der Waals surface area contributed by atoms with Crippen molar-refractivity contribution in [2.24, 2.45) is 0 Å². The monoisotopic (exact) mass is 407 g/mol. The molecule has 0 heterocycles. The SMILES string of the molecule is CC(CCc1ccc(OCCOc2ccccc2)cc1)(C(=O)NO)S(C)(=O)=O. The molecule has 0 radical (unpaired) electrons. The fourth-order valence-corrected chi connectivity index (χ4v) is 3.41. The number of nitrogens with one attached hydrogen (secondary N) is 1. The van der Waals surface area contributed by atoms with Crippen molar-refractivity contribution in [2.45, 2.75) is 24.5 Å². The Bertz CT molecular complexity index is 867. The van der Waals surface area contributed by atoms with Crippen molar-refractivity contribution in [2.75, 3.05) is 19.5 Å². The Morgan fingerprint density at radius 1 is 1.00 bits per heavy atom. The summed E-state index contributed by atoms with van der Waals surface area (Å²) < 4.78 is 33.4. The number of hydrogen-bond acceptors (Lipinski definition) is 6. The zero-order valence-corrected chi connectivity index (χ0v) is 16.7. The Kier molecular flexibility index (Phi) is 7.42. The number of rotatable bonds is 10. The summed E-state index contributed by atoms with van der Waals surface area (Å²) in [5, 5.41) is 8.85. The molecule has 0 bridgehead atoms.